The summed E-state index contributed by atoms with van der Waals surface area (Å²) in [6.45, 7) is 3.62. The molecule has 2 heteroatoms. The topological polar surface area (TPSA) is 15.3 Å². The lowest BCUT2D eigenvalue weighted by atomic mass is 9.52. The predicted octanol–water partition coefficient (Wildman–Crippen LogP) is 5.77. The Balaban J connectivity index is 1.30. The van der Waals surface area contributed by atoms with Gasteiger partial charge in [0, 0.05) is 30.2 Å². The summed E-state index contributed by atoms with van der Waals surface area (Å²) in [6, 6.07) is 18.9. The fourth-order valence-corrected chi connectivity index (χ4v) is 6.85. The summed E-state index contributed by atoms with van der Waals surface area (Å²) in [5.74, 6) is 1.90. The lowest BCUT2D eigenvalue weighted by molar-refractivity contribution is -0.0133. The maximum atomic E-state index is 3.71. The molecular formula is C27H34N2. The molecule has 6 rings (SSSR count). The summed E-state index contributed by atoms with van der Waals surface area (Å²) >= 11 is 0. The number of likely N-dealkylation sites (tertiary alicyclic amines) is 1. The molecule has 1 saturated heterocycles. The molecule has 3 aliphatic carbocycles. The normalized spacial score (nSPS) is 31.0. The summed E-state index contributed by atoms with van der Waals surface area (Å²) in [6.07, 6.45) is 11.4. The van der Waals surface area contributed by atoms with Crippen molar-refractivity contribution < 1.29 is 0 Å². The van der Waals surface area contributed by atoms with E-state index in [9.17, 15) is 0 Å². The Hall–Kier alpha value is -1.80. The van der Waals surface area contributed by atoms with Crippen molar-refractivity contribution in [2.75, 3.05) is 18.4 Å². The van der Waals surface area contributed by atoms with Gasteiger partial charge in [0.2, 0.25) is 0 Å². The largest absolute Gasteiger partial charge is 0.381 e. The number of fused-ring (bicyclic) bond motifs is 1. The third-order valence-corrected chi connectivity index (χ3v) is 8.48. The number of nitrogens with zero attached hydrogens (tertiary/aromatic N) is 1. The molecule has 0 spiro atoms. The van der Waals surface area contributed by atoms with Gasteiger partial charge in [-0.2, -0.15) is 0 Å². The van der Waals surface area contributed by atoms with Crippen molar-refractivity contribution in [3.63, 3.8) is 0 Å². The van der Waals surface area contributed by atoms with Crippen molar-refractivity contribution >= 4 is 5.69 Å². The van der Waals surface area contributed by atoms with Crippen LogP contribution in [0.3, 0.4) is 0 Å². The highest BCUT2D eigenvalue weighted by atomic mass is 15.2. The molecule has 1 N–H and O–H groups in total. The van der Waals surface area contributed by atoms with Crippen LogP contribution in [0.15, 0.2) is 48.5 Å². The lowest BCUT2D eigenvalue weighted by Crippen LogP contribution is -2.61. The number of anilines is 1. The second-order valence-electron chi connectivity index (χ2n) is 10.2. The van der Waals surface area contributed by atoms with Crippen LogP contribution in [0.1, 0.15) is 61.6 Å². The molecule has 3 atom stereocenters. The van der Waals surface area contributed by atoms with Crippen LogP contribution in [0.4, 0.5) is 5.69 Å². The fraction of sp³-hybridized carbons (Fsp3) is 0.556. The summed E-state index contributed by atoms with van der Waals surface area (Å²) < 4.78 is 0. The average molecular weight is 387 g/mol. The van der Waals surface area contributed by atoms with Crippen LogP contribution in [0.5, 0.6) is 0 Å². The number of hydrogen-bond donors (Lipinski definition) is 1. The van der Waals surface area contributed by atoms with Gasteiger partial charge in [0.25, 0.3) is 0 Å². The summed E-state index contributed by atoms with van der Waals surface area (Å²) in [7, 11) is 0. The average Bonchev–Trinajstić information content (AvgIpc) is 3.59. The van der Waals surface area contributed by atoms with E-state index < -0.39 is 0 Å². The molecule has 4 aliphatic rings. The van der Waals surface area contributed by atoms with E-state index in [1.165, 1.54) is 75.7 Å². The molecule has 1 heterocycles. The molecule has 2 bridgehead atoms. The third kappa shape index (κ3) is 3.20. The highest BCUT2D eigenvalue weighted by molar-refractivity contribution is 5.54. The van der Waals surface area contributed by atoms with E-state index in [4.69, 9.17) is 0 Å². The Morgan fingerprint density at radius 2 is 1.86 bits per heavy atom. The molecule has 1 aliphatic heterocycles. The zero-order valence-electron chi connectivity index (χ0n) is 17.6. The number of hydrogen-bond acceptors (Lipinski definition) is 2. The molecular weight excluding hydrogens is 352 g/mol. The van der Waals surface area contributed by atoms with Crippen LogP contribution in [-0.4, -0.2) is 24.0 Å². The third-order valence-electron chi connectivity index (χ3n) is 8.48. The van der Waals surface area contributed by atoms with Crippen LogP contribution in [0.2, 0.25) is 0 Å². The van der Waals surface area contributed by atoms with E-state index in [2.05, 4.69) is 58.7 Å². The maximum absolute atomic E-state index is 3.71. The van der Waals surface area contributed by atoms with Gasteiger partial charge in [-0.15, -0.1) is 0 Å². The Bertz CT molecular complexity index is 871. The highest BCUT2D eigenvalue weighted by Crippen LogP contribution is 2.56. The maximum Gasteiger partial charge on any atom is 0.0400 e. The van der Waals surface area contributed by atoms with E-state index in [1.54, 1.807) is 11.1 Å². The van der Waals surface area contributed by atoms with Gasteiger partial charge in [-0.25, -0.2) is 0 Å². The van der Waals surface area contributed by atoms with Gasteiger partial charge in [0.05, 0.1) is 0 Å². The highest BCUT2D eigenvalue weighted by Gasteiger charge is 2.54. The molecule has 29 heavy (non-hydrogen) atoms. The minimum Gasteiger partial charge on any atom is -0.381 e. The van der Waals surface area contributed by atoms with E-state index >= 15 is 0 Å². The van der Waals surface area contributed by atoms with Crippen LogP contribution in [0, 0.1) is 11.8 Å². The Morgan fingerprint density at radius 3 is 2.72 bits per heavy atom. The summed E-state index contributed by atoms with van der Waals surface area (Å²) in [5, 5.41) is 3.71. The van der Waals surface area contributed by atoms with Crippen molar-refractivity contribution in [1.29, 1.82) is 0 Å². The van der Waals surface area contributed by atoms with Crippen LogP contribution < -0.4 is 5.32 Å². The lowest BCUT2D eigenvalue weighted by Gasteiger charge is -2.59. The molecule has 3 fully saturated rings. The van der Waals surface area contributed by atoms with Crippen molar-refractivity contribution in [1.82, 2.24) is 4.90 Å². The van der Waals surface area contributed by atoms with Crippen molar-refractivity contribution in [2.24, 2.45) is 11.8 Å². The van der Waals surface area contributed by atoms with Crippen molar-refractivity contribution in [3.8, 4) is 0 Å². The SMILES string of the molecule is c1ccc(CNc2ccc3c(c2)C24CCCCC2C(C3)N(CC2CC2)CC4)cc1. The molecule has 2 aromatic rings. The van der Waals surface area contributed by atoms with E-state index in [-0.39, 0.29) is 0 Å². The molecule has 2 nitrogen and oxygen atoms in total. The van der Waals surface area contributed by atoms with Crippen molar-refractivity contribution in [3.05, 3.63) is 65.2 Å². The fourth-order valence-electron chi connectivity index (χ4n) is 6.85. The minimum absolute atomic E-state index is 0.459. The van der Waals surface area contributed by atoms with Gasteiger partial charge < -0.3 is 5.32 Å². The van der Waals surface area contributed by atoms with Gasteiger partial charge in [-0.05, 0) is 85.7 Å². The number of rotatable bonds is 5. The van der Waals surface area contributed by atoms with E-state index in [0.29, 0.717) is 5.41 Å². The number of piperidine rings is 1. The molecule has 152 valence electrons. The second-order valence-corrected chi connectivity index (χ2v) is 10.2. The van der Waals surface area contributed by atoms with Crippen LogP contribution in [-0.2, 0) is 18.4 Å². The first kappa shape index (κ1) is 18.0. The zero-order chi connectivity index (χ0) is 19.3. The monoisotopic (exact) mass is 386 g/mol. The van der Waals surface area contributed by atoms with E-state index in [0.717, 1.165) is 24.4 Å². The standard InChI is InChI=1S/C27H34N2/c1-2-6-20(7-3-1)18-28-23-12-11-22-16-26-24-8-4-5-13-27(24,25(22)17-23)14-15-29(26)19-21-9-10-21/h1-3,6-7,11-12,17,21,24,26,28H,4-5,8-10,13-16,18-19H2. The van der Waals surface area contributed by atoms with Gasteiger partial charge in [-0.1, -0.05) is 49.2 Å². The second kappa shape index (κ2) is 7.16. The Morgan fingerprint density at radius 1 is 0.966 bits per heavy atom. The Labute approximate surface area is 175 Å². The predicted molar refractivity (Wildman–Crippen MR) is 120 cm³/mol. The molecule has 0 aromatic heterocycles. The van der Waals surface area contributed by atoms with Gasteiger partial charge >= 0.3 is 0 Å². The first-order valence-electron chi connectivity index (χ1n) is 12.0. The summed E-state index contributed by atoms with van der Waals surface area (Å²) in [5.41, 5.74) is 6.49. The number of nitrogens with one attached hydrogen (secondary N) is 1. The zero-order valence-corrected chi connectivity index (χ0v) is 17.6. The Kier molecular flexibility index (Phi) is 4.45. The van der Waals surface area contributed by atoms with Crippen LogP contribution in [0.25, 0.3) is 0 Å². The number of benzene rings is 2. The molecule has 0 amide bonds. The molecule has 3 unspecified atom stereocenters. The molecule has 2 aromatic carbocycles. The van der Waals surface area contributed by atoms with Gasteiger partial charge in [0.1, 0.15) is 0 Å². The van der Waals surface area contributed by atoms with Crippen LogP contribution >= 0.6 is 0 Å². The first-order valence-corrected chi connectivity index (χ1v) is 12.0. The quantitative estimate of drug-likeness (QED) is 0.702. The molecule has 2 saturated carbocycles. The first-order chi connectivity index (χ1) is 14.3. The molecule has 0 radical (unpaired) electrons. The van der Waals surface area contributed by atoms with Gasteiger partial charge in [-0.3, -0.25) is 4.90 Å². The van der Waals surface area contributed by atoms with Crippen molar-refractivity contribution in [2.45, 2.75) is 69.4 Å². The van der Waals surface area contributed by atoms with Gasteiger partial charge in [0.15, 0.2) is 0 Å². The summed E-state index contributed by atoms with van der Waals surface area (Å²) in [4.78, 5) is 2.91. The van der Waals surface area contributed by atoms with E-state index in [1.807, 2.05) is 0 Å². The smallest absolute Gasteiger partial charge is 0.0400 e. The minimum atomic E-state index is 0.459.